The molecular weight excluding hydrogens is 312 g/mol. The monoisotopic (exact) mass is 338 g/mol. The van der Waals surface area contributed by atoms with Crippen molar-refractivity contribution in [2.75, 3.05) is 26.7 Å². The van der Waals surface area contributed by atoms with Gasteiger partial charge < -0.3 is 10.2 Å². The second-order valence-corrected chi connectivity index (χ2v) is 6.92. The van der Waals surface area contributed by atoms with Crippen molar-refractivity contribution in [3.8, 4) is 0 Å². The summed E-state index contributed by atoms with van der Waals surface area (Å²) in [7, 11) is 2.23. The van der Waals surface area contributed by atoms with Gasteiger partial charge in [0.05, 0.1) is 0 Å². The van der Waals surface area contributed by atoms with Crippen LogP contribution in [-0.2, 0) is 0 Å². The fourth-order valence-corrected chi connectivity index (χ4v) is 3.27. The van der Waals surface area contributed by atoms with Gasteiger partial charge in [-0.1, -0.05) is 35.0 Å². The maximum Gasteiger partial charge on any atom is 0.0317 e. The zero-order chi connectivity index (χ0) is 14.4. The van der Waals surface area contributed by atoms with Crippen LogP contribution >= 0.6 is 15.9 Å². The Morgan fingerprint density at radius 2 is 1.90 bits per heavy atom. The van der Waals surface area contributed by atoms with Crippen molar-refractivity contribution in [1.82, 2.24) is 10.2 Å². The summed E-state index contributed by atoms with van der Waals surface area (Å²) in [5.74, 6) is 0.918. The molecule has 0 spiro atoms. The Kier molecular flexibility index (Phi) is 6.53. The topological polar surface area (TPSA) is 15.3 Å². The molecule has 1 aromatic rings. The summed E-state index contributed by atoms with van der Waals surface area (Å²) in [6.45, 7) is 5.95. The number of nitrogens with zero attached hydrogens (tertiary/aromatic N) is 1. The maximum atomic E-state index is 3.73. The van der Waals surface area contributed by atoms with Crippen LogP contribution in [0.15, 0.2) is 28.7 Å². The number of piperidine rings is 1. The summed E-state index contributed by atoms with van der Waals surface area (Å²) in [5, 5.41) is 3.73. The number of rotatable bonds is 6. The van der Waals surface area contributed by atoms with Gasteiger partial charge in [0.25, 0.3) is 0 Å². The van der Waals surface area contributed by atoms with E-state index in [4.69, 9.17) is 0 Å². The first-order valence-electron chi connectivity index (χ1n) is 7.86. The van der Waals surface area contributed by atoms with Crippen molar-refractivity contribution in [1.29, 1.82) is 0 Å². The summed E-state index contributed by atoms with van der Waals surface area (Å²) < 4.78 is 1.16. The maximum absolute atomic E-state index is 3.73. The molecule has 0 radical (unpaired) electrons. The normalized spacial score (nSPS) is 19.1. The number of hydrogen-bond acceptors (Lipinski definition) is 2. The predicted octanol–water partition coefficient (Wildman–Crippen LogP) is 4.22. The largest absolute Gasteiger partial charge is 0.310 e. The SMILES string of the molecule is CCC(NCCC1CCN(C)CC1)c1ccc(Br)cc1. The zero-order valence-corrected chi connectivity index (χ0v) is 14.3. The van der Waals surface area contributed by atoms with Gasteiger partial charge in [-0.3, -0.25) is 0 Å². The van der Waals surface area contributed by atoms with E-state index in [0.29, 0.717) is 6.04 Å². The molecule has 1 N–H and O–H groups in total. The van der Waals surface area contributed by atoms with Crippen LogP contribution in [0.25, 0.3) is 0 Å². The van der Waals surface area contributed by atoms with Crippen LogP contribution in [0, 0.1) is 5.92 Å². The van der Waals surface area contributed by atoms with Crippen molar-refractivity contribution >= 4 is 15.9 Å². The fourth-order valence-electron chi connectivity index (χ4n) is 3.01. The highest BCUT2D eigenvalue weighted by Crippen LogP contribution is 2.22. The summed E-state index contributed by atoms with van der Waals surface area (Å²) in [4.78, 5) is 2.45. The van der Waals surface area contributed by atoms with E-state index in [1.807, 2.05) is 0 Å². The van der Waals surface area contributed by atoms with Gasteiger partial charge in [0, 0.05) is 10.5 Å². The molecule has 3 heteroatoms. The minimum absolute atomic E-state index is 0.495. The first-order chi connectivity index (χ1) is 9.69. The van der Waals surface area contributed by atoms with Crippen LogP contribution < -0.4 is 5.32 Å². The van der Waals surface area contributed by atoms with Gasteiger partial charge in [-0.05, 0) is 76.0 Å². The summed E-state index contributed by atoms with van der Waals surface area (Å²) >= 11 is 3.50. The number of hydrogen-bond donors (Lipinski definition) is 1. The third-order valence-electron chi connectivity index (χ3n) is 4.46. The average Bonchev–Trinajstić information content (AvgIpc) is 2.47. The Morgan fingerprint density at radius 3 is 2.50 bits per heavy atom. The number of benzene rings is 1. The molecule has 1 heterocycles. The molecule has 0 aliphatic carbocycles. The molecule has 1 aromatic carbocycles. The fraction of sp³-hybridized carbons (Fsp3) is 0.647. The zero-order valence-electron chi connectivity index (χ0n) is 12.7. The van der Waals surface area contributed by atoms with Crippen LogP contribution in [0.5, 0.6) is 0 Å². The molecule has 1 saturated heterocycles. The van der Waals surface area contributed by atoms with Gasteiger partial charge >= 0.3 is 0 Å². The third-order valence-corrected chi connectivity index (χ3v) is 4.99. The van der Waals surface area contributed by atoms with Gasteiger partial charge in [-0.2, -0.15) is 0 Å². The van der Waals surface area contributed by atoms with Crippen LogP contribution in [0.3, 0.4) is 0 Å². The minimum Gasteiger partial charge on any atom is -0.310 e. The lowest BCUT2D eigenvalue weighted by Crippen LogP contribution is -2.32. The molecule has 0 bridgehead atoms. The van der Waals surface area contributed by atoms with E-state index in [0.717, 1.165) is 23.4 Å². The van der Waals surface area contributed by atoms with Gasteiger partial charge in [0.1, 0.15) is 0 Å². The van der Waals surface area contributed by atoms with Crippen molar-refractivity contribution in [2.45, 2.75) is 38.6 Å². The van der Waals surface area contributed by atoms with Crippen molar-refractivity contribution in [2.24, 2.45) is 5.92 Å². The van der Waals surface area contributed by atoms with E-state index < -0.39 is 0 Å². The van der Waals surface area contributed by atoms with Crippen LogP contribution in [0.2, 0.25) is 0 Å². The Morgan fingerprint density at radius 1 is 1.25 bits per heavy atom. The average molecular weight is 339 g/mol. The Bertz CT molecular complexity index is 382. The molecule has 2 rings (SSSR count). The molecule has 1 aliphatic heterocycles. The molecule has 0 saturated carbocycles. The molecule has 0 amide bonds. The van der Waals surface area contributed by atoms with Crippen LogP contribution in [0.1, 0.15) is 44.2 Å². The standard InChI is InChI=1S/C17H27BrN2/c1-3-17(15-4-6-16(18)7-5-15)19-11-8-14-9-12-20(2)13-10-14/h4-7,14,17,19H,3,8-13H2,1-2H3. The highest BCUT2D eigenvalue weighted by Gasteiger charge is 2.16. The van der Waals surface area contributed by atoms with Crippen LogP contribution in [-0.4, -0.2) is 31.6 Å². The Balaban J connectivity index is 1.75. The van der Waals surface area contributed by atoms with Gasteiger partial charge in [-0.25, -0.2) is 0 Å². The van der Waals surface area contributed by atoms with E-state index in [-0.39, 0.29) is 0 Å². The lowest BCUT2D eigenvalue weighted by molar-refractivity contribution is 0.210. The van der Waals surface area contributed by atoms with Crippen molar-refractivity contribution in [3.05, 3.63) is 34.3 Å². The van der Waals surface area contributed by atoms with E-state index >= 15 is 0 Å². The highest BCUT2D eigenvalue weighted by molar-refractivity contribution is 9.10. The quantitative estimate of drug-likeness (QED) is 0.835. The van der Waals surface area contributed by atoms with E-state index in [9.17, 15) is 0 Å². The second kappa shape index (κ2) is 8.16. The predicted molar refractivity (Wildman–Crippen MR) is 90.0 cm³/mol. The highest BCUT2D eigenvalue weighted by atomic mass is 79.9. The summed E-state index contributed by atoms with van der Waals surface area (Å²) in [6, 6.07) is 9.21. The minimum atomic E-state index is 0.495. The molecule has 1 aliphatic rings. The molecule has 1 fully saturated rings. The van der Waals surface area contributed by atoms with Gasteiger partial charge in [0.2, 0.25) is 0 Å². The van der Waals surface area contributed by atoms with Crippen LogP contribution in [0.4, 0.5) is 0 Å². The summed E-state index contributed by atoms with van der Waals surface area (Å²) in [6.07, 6.45) is 5.20. The molecule has 2 nitrogen and oxygen atoms in total. The summed E-state index contributed by atoms with van der Waals surface area (Å²) in [5.41, 5.74) is 1.40. The van der Waals surface area contributed by atoms with Crippen molar-refractivity contribution in [3.63, 3.8) is 0 Å². The van der Waals surface area contributed by atoms with E-state index in [1.165, 1.54) is 37.9 Å². The van der Waals surface area contributed by atoms with Gasteiger partial charge in [0.15, 0.2) is 0 Å². The first kappa shape index (κ1) is 16.0. The van der Waals surface area contributed by atoms with E-state index in [1.54, 1.807) is 0 Å². The molecule has 112 valence electrons. The molecule has 1 atom stereocenters. The third kappa shape index (κ3) is 4.87. The smallest absolute Gasteiger partial charge is 0.0317 e. The molecule has 0 aromatic heterocycles. The second-order valence-electron chi connectivity index (χ2n) is 6.00. The number of likely N-dealkylation sites (tertiary alicyclic amines) is 1. The lowest BCUT2D eigenvalue weighted by atomic mass is 9.93. The molecule has 1 unspecified atom stereocenters. The molecule has 20 heavy (non-hydrogen) atoms. The van der Waals surface area contributed by atoms with Crippen molar-refractivity contribution < 1.29 is 0 Å². The Labute approximate surface area is 132 Å². The van der Waals surface area contributed by atoms with Gasteiger partial charge in [-0.15, -0.1) is 0 Å². The number of nitrogens with one attached hydrogen (secondary N) is 1. The van der Waals surface area contributed by atoms with E-state index in [2.05, 4.69) is 64.4 Å². The molecular formula is C17H27BrN2. The Hall–Kier alpha value is -0.380. The number of halogens is 1. The first-order valence-corrected chi connectivity index (χ1v) is 8.65. The lowest BCUT2D eigenvalue weighted by Gasteiger charge is -2.29.